The Kier molecular flexibility index (Phi) is 6.84. The van der Waals surface area contributed by atoms with Crippen LogP contribution in [0.5, 0.6) is 0 Å². The smallest absolute Gasteiger partial charge is 0.323 e. The summed E-state index contributed by atoms with van der Waals surface area (Å²) in [6, 6.07) is 1.16. The van der Waals surface area contributed by atoms with Crippen LogP contribution in [0.15, 0.2) is 0 Å². The highest BCUT2D eigenvalue weighted by atomic mass is 28.5. The molecule has 6 N–H and O–H groups in total. The van der Waals surface area contributed by atoms with Crippen molar-refractivity contribution in [3.05, 3.63) is 0 Å². The zero-order valence-electron chi connectivity index (χ0n) is 9.70. The molecule has 7 heteroatoms. The monoisotopic (exact) mass is 252 g/mol. The van der Waals surface area contributed by atoms with E-state index in [4.69, 9.17) is 15.6 Å². The molecule has 0 aromatic carbocycles. The molecular formula is C8H24N2O3Si2. The van der Waals surface area contributed by atoms with Gasteiger partial charge in [0.15, 0.2) is 0 Å². The molecule has 0 bridgehead atoms. The number of nitrogens with two attached hydrogens (primary N) is 2. The molecule has 2 unspecified atom stereocenters. The maximum atomic E-state index is 9.99. The van der Waals surface area contributed by atoms with E-state index in [1.165, 1.54) is 0 Å². The van der Waals surface area contributed by atoms with E-state index in [1.54, 1.807) is 13.1 Å². The van der Waals surface area contributed by atoms with E-state index in [1.807, 2.05) is 0 Å². The van der Waals surface area contributed by atoms with Gasteiger partial charge in [0.1, 0.15) is 0 Å². The highest BCUT2D eigenvalue weighted by Crippen LogP contribution is 2.19. The number of hydrogen-bond acceptors (Lipinski definition) is 5. The third-order valence-corrected chi connectivity index (χ3v) is 8.21. The maximum Gasteiger partial charge on any atom is 0.323 e. The van der Waals surface area contributed by atoms with Crippen molar-refractivity contribution in [2.75, 3.05) is 13.1 Å². The van der Waals surface area contributed by atoms with Crippen LogP contribution in [0.1, 0.15) is 12.8 Å². The van der Waals surface area contributed by atoms with Crippen molar-refractivity contribution in [2.24, 2.45) is 11.5 Å². The zero-order chi connectivity index (χ0) is 11.9. The van der Waals surface area contributed by atoms with Crippen molar-refractivity contribution >= 4 is 17.1 Å². The topological polar surface area (TPSA) is 102 Å². The van der Waals surface area contributed by atoms with Crippen LogP contribution >= 0.6 is 0 Å². The lowest BCUT2D eigenvalue weighted by Crippen LogP contribution is -2.49. The molecule has 0 saturated heterocycles. The highest BCUT2D eigenvalue weighted by Gasteiger charge is 2.37. The average Bonchev–Trinajstić information content (AvgIpc) is 2.10. The van der Waals surface area contributed by atoms with Gasteiger partial charge in [-0.2, -0.15) is 0 Å². The predicted octanol–water partition coefficient (Wildman–Crippen LogP) is -0.171. The van der Waals surface area contributed by atoms with Crippen LogP contribution in [-0.2, 0) is 4.12 Å². The Labute approximate surface area is 93.9 Å². The van der Waals surface area contributed by atoms with Crippen LogP contribution in [0.4, 0.5) is 0 Å². The van der Waals surface area contributed by atoms with Crippen molar-refractivity contribution in [3.63, 3.8) is 0 Å². The van der Waals surface area contributed by atoms with Gasteiger partial charge in [-0.3, -0.25) is 0 Å². The van der Waals surface area contributed by atoms with Crippen molar-refractivity contribution in [1.29, 1.82) is 0 Å². The Bertz CT molecular complexity index is 161. The van der Waals surface area contributed by atoms with Crippen LogP contribution < -0.4 is 11.5 Å². The summed E-state index contributed by atoms with van der Waals surface area (Å²) in [7, 11) is -5.44. The second-order valence-corrected chi connectivity index (χ2v) is 10.8. The lowest BCUT2D eigenvalue weighted by Gasteiger charge is -2.30. The normalized spacial score (nSPS) is 19.6. The van der Waals surface area contributed by atoms with E-state index in [9.17, 15) is 9.59 Å². The summed E-state index contributed by atoms with van der Waals surface area (Å²) in [5.41, 5.74) is 10.7. The van der Waals surface area contributed by atoms with Crippen LogP contribution in [0, 0.1) is 0 Å². The Morgan fingerprint density at radius 2 is 1.27 bits per heavy atom. The Morgan fingerprint density at radius 3 is 1.53 bits per heavy atom. The van der Waals surface area contributed by atoms with E-state index in [0.717, 1.165) is 12.8 Å². The average molecular weight is 252 g/mol. The summed E-state index contributed by atoms with van der Waals surface area (Å²) in [6.07, 6.45) is 1.47. The third-order valence-electron chi connectivity index (χ3n) is 2.13. The lowest BCUT2D eigenvalue weighted by atomic mass is 10.5. The first kappa shape index (κ1) is 15.2. The van der Waals surface area contributed by atoms with E-state index < -0.39 is 17.1 Å². The quantitative estimate of drug-likeness (QED) is 0.449. The summed E-state index contributed by atoms with van der Waals surface area (Å²) < 4.78 is 5.51. The van der Waals surface area contributed by atoms with E-state index in [0.29, 0.717) is 25.2 Å². The van der Waals surface area contributed by atoms with Crippen molar-refractivity contribution in [2.45, 2.75) is 38.0 Å². The van der Waals surface area contributed by atoms with Gasteiger partial charge in [0.05, 0.1) is 0 Å². The fourth-order valence-electron chi connectivity index (χ4n) is 1.44. The van der Waals surface area contributed by atoms with E-state index >= 15 is 0 Å². The minimum Gasteiger partial charge on any atom is -0.415 e. The lowest BCUT2D eigenvalue weighted by molar-refractivity contribution is 0.305. The molecule has 0 aliphatic rings. The van der Waals surface area contributed by atoms with Gasteiger partial charge in [0.2, 0.25) is 0 Å². The molecule has 0 radical (unpaired) electrons. The number of rotatable bonds is 8. The van der Waals surface area contributed by atoms with E-state index in [-0.39, 0.29) is 0 Å². The summed E-state index contributed by atoms with van der Waals surface area (Å²) in [5, 5.41) is 0. The molecule has 92 valence electrons. The molecule has 0 aromatic heterocycles. The summed E-state index contributed by atoms with van der Waals surface area (Å²) in [4.78, 5) is 20.0. The molecule has 15 heavy (non-hydrogen) atoms. The van der Waals surface area contributed by atoms with Crippen LogP contribution in [0.2, 0.25) is 25.2 Å². The van der Waals surface area contributed by atoms with Crippen LogP contribution in [-0.4, -0.2) is 39.8 Å². The minimum absolute atomic E-state index is 0.541. The molecular weight excluding hydrogens is 228 g/mol. The van der Waals surface area contributed by atoms with Gasteiger partial charge in [0.25, 0.3) is 0 Å². The van der Waals surface area contributed by atoms with Gasteiger partial charge < -0.3 is 25.2 Å². The number of hydrogen-bond donors (Lipinski definition) is 4. The molecule has 0 aromatic rings. The van der Waals surface area contributed by atoms with E-state index in [2.05, 4.69) is 0 Å². The molecule has 0 saturated carbocycles. The molecule has 2 atom stereocenters. The third kappa shape index (κ3) is 8.08. The molecule has 0 amide bonds. The van der Waals surface area contributed by atoms with Gasteiger partial charge in [-0.15, -0.1) is 0 Å². The fraction of sp³-hybridized carbons (Fsp3) is 1.00. The van der Waals surface area contributed by atoms with Gasteiger partial charge in [0, 0.05) is 0 Å². The summed E-state index contributed by atoms with van der Waals surface area (Å²) in [5.74, 6) is 0. The standard InChI is InChI=1S/C8H24N2O3Si2/c1-14(11,7-3-5-9)13-15(2,12)8-4-6-10/h11-12H,3-10H2,1-2H3. The van der Waals surface area contributed by atoms with Crippen LogP contribution in [0.3, 0.4) is 0 Å². The van der Waals surface area contributed by atoms with Crippen molar-refractivity contribution in [1.82, 2.24) is 0 Å². The molecule has 0 heterocycles. The Hall–Kier alpha value is 0.234. The van der Waals surface area contributed by atoms with Crippen LogP contribution in [0.25, 0.3) is 0 Å². The first-order valence-electron chi connectivity index (χ1n) is 5.38. The minimum atomic E-state index is -2.72. The first-order chi connectivity index (χ1) is 6.83. The van der Waals surface area contributed by atoms with Gasteiger partial charge in [-0.05, 0) is 51.1 Å². The molecule has 0 fully saturated rings. The molecule has 0 aliphatic carbocycles. The predicted molar refractivity (Wildman–Crippen MR) is 65.7 cm³/mol. The first-order valence-corrected chi connectivity index (χ1v) is 10.5. The summed E-state index contributed by atoms with van der Waals surface area (Å²) in [6.45, 7) is 4.48. The fourth-order valence-corrected chi connectivity index (χ4v) is 7.76. The maximum absolute atomic E-state index is 9.99. The van der Waals surface area contributed by atoms with Gasteiger partial charge in [-0.25, -0.2) is 0 Å². The zero-order valence-corrected chi connectivity index (χ0v) is 11.7. The Balaban J connectivity index is 4.04. The SMILES string of the molecule is C[Si](O)(CCCN)O[Si](C)(O)CCCN. The van der Waals surface area contributed by atoms with Gasteiger partial charge >= 0.3 is 17.1 Å². The largest absolute Gasteiger partial charge is 0.415 e. The molecule has 5 nitrogen and oxygen atoms in total. The van der Waals surface area contributed by atoms with Gasteiger partial charge in [-0.1, -0.05) is 0 Å². The Morgan fingerprint density at radius 1 is 0.933 bits per heavy atom. The van der Waals surface area contributed by atoms with Crippen molar-refractivity contribution < 1.29 is 13.7 Å². The molecule has 0 rings (SSSR count). The summed E-state index contributed by atoms with van der Waals surface area (Å²) >= 11 is 0. The molecule has 0 spiro atoms. The molecule has 0 aliphatic heterocycles. The second kappa shape index (κ2) is 6.74. The van der Waals surface area contributed by atoms with Crippen molar-refractivity contribution in [3.8, 4) is 0 Å². The second-order valence-electron chi connectivity index (χ2n) is 4.24. The highest BCUT2D eigenvalue weighted by molar-refractivity contribution is 6.78.